The van der Waals surface area contributed by atoms with Crippen molar-refractivity contribution in [2.24, 2.45) is 0 Å². The van der Waals surface area contributed by atoms with Crippen LogP contribution >= 0.6 is 0 Å². The minimum absolute atomic E-state index is 0.198. The third-order valence-electron chi connectivity index (χ3n) is 3.64. The van der Waals surface area contributed by atoms with E-state index in [0.717, 1.165) is 29.7 Å². The number of amides is 2. The lowest BCUT2D eigenvalue weighted by Gasteiger charge is -2.14. The van der Waals surface area contributed by atoms with Crippen LogP contribution in [-0.4, -0.2) is 11.8 Å². The number of carbonyl (C=O) groups is 2. The van der Waals surface area contributed by atoms with Gasteiger partial charge < -0.3 is 10.6 Å². The Hall–Kier alpha value is -2.62. The number of aryl methyl sites for hydroxylation is 2. The molecule has 2 aromatic carbocycles. The Kier molecular flexibility index (Phi) is 5.92. The first-order valence-electron chi connectivity index (χ1n) is 7.89. The van der Waals surface area contributed by atoms with Crippen LogP contribution in [0.1, 0.15) is 31.4 Å². The van der Waals surface area contributed by atoms with Gasteiger partial charge in [-0.15, -0.1) is 0 Å². The van der Waals surface area contributed by atoms with Gasteiger partial charge in [-0.2, -0.15) is 0 Å². The second-order valence-electron chi connectivity index (χ2n) is 5.30. The summed E-state index contributed by atoms with van der Waals surface area (Å²) in [5.74, 6) is -0.616. The first kappa shape index (κ1) is 16.7. The fourth-order valence-electron chi connectivity index (χ4n) is 2.46. The lowest BCUT2D eigenvalue weighted by atomic mass is 10.0. The van der Waals surface area contributed by atoms with Gasteiger partial charge in [0.1, 0.15) is 6.42 Å². The van der Waals surface area contributed by atoms with Gasteiger partial charge in [0.2, 0.25) is 11.8 Å². The fraction of sp³-hybridized carbons (Fsp3) is 0.263. The highest BCUT2D eigenvalue weighted by atomic mass is 16.2. The predicted octanol–water partition coefficient (Wildman–Crippen LogP) is 3.78. The summed E-state index contributed by atoms with van der Waals surface area (Å²) in [6.45, 7) is 4.10. The standard InChI is InChI=1S/C19H22N2O2/c1-3-14-9-8-10-15(4-2)19(14)21-18(23)13-17(22)20-16-11-6-5-7-12-16/h5-12H,3-4,13H2,1-2H3,(H,20,22)(H,21,23). The molecule has 0 aromatic heterocycles. The number of benzene rings is 2. The van der Waals surface area contributed by atoms with E-state index in [4.69, 9.17) is 0 Å². The van der Waals surface area contributed by atoms with E-state index in [-0.39, 0.29) is 18.2 Å². The second-order valence-corrected chi connectivity index (χ2v) is 5.30. The minimum atomic E-state index is -0.319. The van der Waals surface area contributed by atoms with Crippen molar-refractivity contribution in [3.8, 4) is 0 Å². The number of hydrogen-bond acceptors (Lipinski definition) is 2. The summed E-state index contributed by atoms with van der Waals surface area (Å²) in [6.07, 6.45) is 1.47. The number of carbonyl (C=O) groups excluding carboxylic acids is 2. The van der Waals surface area contributed by atoms with Crippen LogP contribution in [0.3, 0.4) is 0 Å². The van der Waals surface area contributed by atoms with E-state index in [1.165, 1.54) is 0 Å². The van der Waals surface area contributed by atoms with Crippen LogP contribution in [-0.2, 0) is 22.4 Å². The van der Waals surface area contributed by atoms with Gasteiger partial charge in [0, 0.05) is 11.4 Å². The molecular weight excluding hydrogens is 288 g/mol. The number of rotatable bonds is 6. The van der Waals surface area contributed by atoms with E-state index in [0.29, 0.717) is 5.69 Å². The molecule has 2 aromatic rings. The third-order valence-corrected chi connectivity index (χ3v) is 3.64. The summed E-state index contributed by atoms with van der Waals surface area (Å²) in [4.78, 5) is 24.1. The smallest absolute Gasteiger partial charge is 0.233 e. The summed E-state index contributed by atoms with van der Waals surface area (Å²) >= 11 is 0. The maximum atomic E-state index is 12.2. The molecule has 0 bridgehead atoms. The molecule has 0 fully saturated rings. The Balaban J connectivity index is 2.01. The monoisotopic (exact) mass is 310 g/mol. The third kappa shape index (κ3) is 4.68. The molecule has 4 nitrogen and oxygen atoms in total. The van der Waals surface area contributed by atoms with Crippen molar-refractivity contribution in [1.29, 1.82) is 0 Å². The predicted molar refractivity (Wildman–Crippen MR) is 93.5 cm³/mol. The number of hydrogen-bond donors (Lipinski definition) is 2. The first-order valence-corrected chi connectivity index (χ1v) is 7.89. The molecule has 2 rings (SSSR count). The Morgan fingerprint density at radius 2 is 1.35 bits per heavy atom. The molecule has 2 amide bonds. The maximum Gasteiger partial charge on any atom is 0.233 e. The molecule has 0 heterocycles. The van der Waals surface area contributed by atoms with Gasteiger partial charge in [-0.3, -0.25) is 9.59 Å². The van der Waals surface area contributed by atoms with Gasteiger partial charge >= 0.3 is 0 Å². The Morgan fingerprint density at radius 1 is 0.783 bits per heavy atom. The van der Waals surface area contributed by atoms with Crippen LogP contribution in [0.15, 0.2) is 48.5 Å². The van der Waals surface area contributed by atoms with Crippen molar-refractivity contribution in [2.75, 3.05) is 10.6 Å². The molecule has 0 unspecified atom stereocenters. The van der Waals surface area contributed by atoms with Crippen molar-refractivity contribution in [1.82, 2.24) is 0 Å². The topological polar surface area (TPSA) is 58.2 Å². The molecule has 0 atom stereocenters. The zero-order chi connectivity index (χ0) is 16.7. The highest BCUT2D eigenvalue weighted by molar-refractivity contribution is 6.08. The zero-order valence-corrected chi connectivity index (χ0v) is 13.6. The fourth-order valence-corrected chi connectivity index (χ4v) is 2.46. The van der Waals surface area contributed by atoms with Gasteiger partial charge in [-0.05, 0) is 36.1 Å². The lowest BCUT2D eigenvalue weighted by molar-refractivity contribution is -0.123. The van der Waals surface area contributed by atoms with Crippen LogP contribution in [0.4, 0.5) is 11.4 Å². The Bertz CT molecular complexity index is 659. The summed E-state index contributed by atoms with van der Waals surface area (Å²) < 4.78 is 0. The van der Waals surface area contributed by atoms with E-state index < -0.39 is 0 Å². The van der Waals surface area contributed by atoms with Crippen LogP contribution in [0.2, 0.25) is 0 Å². The van der Waals surface area contributed by atoms with Gasteiger partial charge in [-0.1, -0.05) is 50.2 Å². The lowest BCUT2D eigenvalue weighted by Crippen LogP contribution is -2.22. The van der Waals surface area contributed by atoms with Crippen molar-refractivity contribution >= 4 is 23.2 Å². The van der Waals surface area contributed by atoms with Crippen LogP contribution in [0.5, 0.6) is 0 Å². The summed E-state index contributed by atoms with van der Waals surface area (Å²) in [6, 6.07) is 15.1. The molecule has 0 spiro atoms. The average Bonchev–Trinajstić information content (AvgIpc) is 2.55. The quantitative estimate of drug-likeness (QED) is 0.798. The van der Waals surface area contributed by atoms with Crippen LogP contribution in [0.25, 0.3) is 0 Å². The Morgan fingerprint density at radius 3 is 1.91 bits per heavy atom. The minimum Gasteiger partial charge on any atom is -0.326 e. The maximum absolute atomic E-state index is 12.2. The van der Waals surface area contributed by atoms with Gasteiger partial charge in [0.25, 0.3) is 0 Å². The van der Waals surface area contributed by atoms with E-state index >= 15 is 0 Å². The average molecular weight is 310 g/mol. The number of anilines is 2. The second kappa shape index (κ2) is 8.13. The van der Waals surface area contributed by atoms with Crippen molar-refractivity contribution in [2.45, 2.75) is 33.1 Å². The van der Waals surface area contributed by atoms with Crippen LogP contribution in [0, 0.1) is 0 Å². The highest BCUT2D eigenvalue weighted by Gasteiger charge is 2.13. The summed E-state index contributed by atoms with van der Waals surface area (Å²) in [5, 5.41) is 5.61. The van der Waals surface area contributed by atoms with Gasteiger partial charge in [0.15, 0.2) is 0 Å². The van der Waals surface area contributed by atoms with Gasteiger partial charge in [-0.25, -0.2) is 0 Å². The molecule has 0 aliphatic rings. The number of para-hydroxylation sites is 2. The molecule has 2 N–H and O–H groups in total. The number of nitrogens with one attached hydrogen (secondary N) is 2. The summed E-state index contributed by atoms with van der Waals surface area (Å²) in [5.41, 5.74) is 3.70. The molecule has 4 heteroatoms. The molecular formula is C19H22N2O2. The van der Waals surface area contributed by atoms with E-state index in [9.17, 15) is 9.59 Å². The molecule has 0 aliphatic heterocycles. The van der Waals surface area contributed by atoms with Crippen molar-refractivity contribution in [3.63, 3.8) is 0 Å². The molecule has 0 saturated heterocycles. The van der Waals surface area contributed by atoms with E-state index in [1.54, 1.807) is 12.1 Å². The normalized spacial score (nSPS) is 10.2. The molecule has 0 radical (unpaired) electrons. The summed E-state index contributed by atoms with van der Waals surface area (Å²) in [7, 11) is 0. The largest absolute Gasteiger partial charge is 0.326 e. The Labute approximate surface area is 136 Å². The molecule has 0 aliphatic carbocycles. The zero-order valence-electron chi connectivity index (χ0n) is 13.6. The van der Waals surface area contributed by atoms with E-state index in [1.807, 2.05) is 50.2 Å². The van der Waals surface area contributed by atoms with E-state index in [2.05, 4.69) is 10.6 Å². The van der Waals surface area contributed by atoms with Gasteiger partial charge in [0.05, 0.1) is 0 Å². The first-order chi connectivity index (χ1) is 11.1. The van der Waals surface area contributed by atoms with Crippen LogP contribution < -0.4 is 10.6 Å². The SMILES string of the molecule is CCc1cccc(CC)c1NC(=O)CC(=O)Nc1ccccc1. The molecule has 0 saturated carbocycles. The molecule has 120 valence electrons. The highest BCUT2D eigenvalue weighted by Crippen LogP contribution is 2.22. The van der Waals surface area contributed by atoms with Crippen molar-refractivity contribution in [3.05, 3.63) is 59.7 Å². The van der Waals surface area contributed by atoms with Crippen molar-refractivity contribution < 1.29 is 9.59 Å². The molecule has 23 heavy (non-hydrogen) atoms.